The fraction of sp³-hybridized carbons (Fsp3) is 0.0833. The second-order valence-corrected chi connectivity index (χ2v) is 4.12. The minimum atomic E-state index is 0.525. The Bertz CT molecular complexity index is 453. The lowest BCUT2D eigenvalue weighted by Crippen LogP contribution is -1.84. The average Bonchev–Trinajstić information content (AvgIpc) is 2.29. The van der Waals surface area contributed by atoms with Gasteiger partial charge in [-0.3, -0.25) is 0 Å². The number of benzene rings is 1. The molecule has 0 bridgehead atoms. The molecule has 0 amide bonds. The Balaban J connectivity index is 2.37. The van der Waals surface area contributed by atoms with Gasteiger partial charge >= 0.3 is 0 Å². The molecular formula is C12H9BrClN. The van der Waals surface area contributed by atoms with E-state index in [4.69, 9.17) is 11.6 Å². The Kier molecular flexibility index (Phi) is 3.39. The molecule has 15 heavy (non-hydrogen) atoms. The van der Waals surface area contributed by atoms with Crippen molar-refractivity contribution >= 4 is 27.5 Å². The van der Waals surface area contributed by atoms with Gasteiger partial charge in [-0.2, -0.15) is 0 Å². The molecule has 0 saturated heterocycles. The predicted molar refractivity (Wildman–Crippen MR) is 67.3 cm³/mol. The molecule has 0 saturated carbocycles. The second-order valence-electron chi connectivity index (χ2n) is 3.18. The highest BCUT2D eigenvalue weighted by molar-refractivity contribution is 9.08. The van der Waals surface area contributed by atoms with Gasteiger partial charge in [-0.05, 0) is 17.7 Å². The van der Waals surface area contributed by atoms with E-state index in [1.54, 1.807) is 6.07 Å². The van der Waals surface area contributed by atoms with Gasteiger partial charge in [0.1, 0.15) is 5.15 Å². The Morgan fingerprint density at radius 3 is 2.40 bits per heavy atom. The van der Waals surface area contributed by atoms with Crippen LogP contribution in [0, 0.1) is 0 Å². The maximum atomic E-state index is 5.83. The molecule has 1 aromatic carbocycles. The number of nitrogens with zero attached hydrogens (tertiary/aromatic N) is 1. The van der Waals surface area contributed by atoms with Crippen LogP contribution in [0.4, 0.5) is 0 Å². The molecule has 3 heteroatoms. The summed E-state index contributed by atoms with van der Waals surface area (Å²) >= 11 is 9.25. The Labute approximate surface area is 102 Å². The third-order valence-corrected chi connectivity index (χ3v) is 2.98. The van der Waals surface area contributed by atoms with E-state index in [1.807, 2.05) is 12.1 Å². The van der Waals surface area contributed by atoms with Crippen molar-refractivity contribution in [2.75, 3.05) is 0 Å². The van der Waals surface area contributed by atoms with Gasteiger partial charge in [0.25, 0.3) is 0 Å². The van der Waals surface area contributed by atoms with Crippen LogP contribution >= 0.6 is 27.5 Å². The summed E-state index contributed by atoms with van der Waals surface area (Å²) in [6, 6.07) is 13.9. The van der Waals surface area contributed by atoms with Gasteiger partial charge in [0, 0.05) is 10.9 Å². The zero-order valence-corrected chi connectivity index (χ0v) is 10.3. The quantitative estimate of drug-likeness (QED) is 0.591. The number of rotatable bonds is 2. The van der Waals surface area contributed by atoms with E-state index >= 15 is 0 Å². The molecule has 0 spiro atoms. The van der Waals surface area contributed by atoms with Crippen LogP contribution in [0.5, 0.6) is 0 Å². The molecule has 0 N–H and O–H groups in total. The highest BCUT2D eigenvalue weighted by Gasteiger charge is 1.99. The largest absolute Gasteiger partial charge is 0.236 e. The third-order valence-electron chi connectivity index (χ3n) is 2.12. The number of hydrogen-bond donors (Lipinski definition) is 0. The maximum Gasteiger partial charge on any atom is 0.129 e. The molecule has 1 nitrogen and oxygen atoms in total. The molecule has 0 radical (unpaired) electrons. The lowest BCUT2D eigenvalue weighted by molar-refractivity contribution is 1.32. The minimum Gasteiger partial charge on any atom is -0.236 e. The lowest BCUT2D eigenvalue weighted by Gasteiger charge is -2.02. The van der Waals surface area contributed by atoms with Gasteiger partial charge in [0.15, 0.2) is 0 Å². The van der Waals surface area contributed by atoms with Crippen molar-refractivity contribution in [3.63, 3.8) is 0 Å². The monoisotopic (exact) mass is 281 g/mol. The third kappa shape index (κ3) is 2.58. The molecule has 2 aromatic rings. The number of halogens is 2. The topological polar surface area (TPSA) is 12.9 Å². The fourth-order valence-electron chi connectivity index (χ4n) is 1.33. The normalized spacial score (nSPS) is 10.3. The number of hydrogen-bond acceptors (Lipinski definition) is 1. The van der Waals surface area contributed by atoms with Crippen LogP contribution in [0.2, 0.25) is 5.15 Å². The van der Waals surface area contributed by atoms with Crippen LogP contribution in [0.15, 0.2) is 42.5 Å². The van der Waals surface area contributed by atoms with E-state index in [1.165, 1.54) is 5.56 Å². The zero-order chi connectivity index (χ0) is 10.7. The molecule has 1 heterocycles. The first kappa shape index (κ1) is 10.7. The van der Waals surface area contributed by atoms with Crippen molar-refractivity contribution in [1.82, 2.24) is 4.98 Å². The van der Waals surface area contributed by atoms with Gasteiger partial charge in [-0.1, -0.05) is 57.9 Å². The fourth-order valence-corrected chi connectivity index (χ4v) is 1.87. The van der Waals surface area contributed by atoms with Crippen LogP contribution in [0.1, 0.15) is 5.56 Å². The first-order valence-corrected chi connectivity index (χ1v) is 6.07. The highest BCUT2D eigenvalue weighted by atomic mass is 79.9. The van der Waals surface area contributed by atoms with Gasteiger partial charge in [-0.25, -0.2) is 4.98 Å². The first-order chi connectivity index (χ1) is 7.29. The average molecular weight is 283 g/mol. The standard InChI is InChI=1S/C12H9BrClN/c13-8-9-4-6-10(7-5-9)11-2-1-3-12(14)15-11/h1-7H,8H2. The van der Waals surface area contributed by atoms with Crippen LogP contribution < -0.4 is 0 Å². The molecule has 1 aromatic heterocycles. The molecule has 0 aliphatic heterocycles. The number of pyridine rings is 1. The van der Waals surface area contributed by atoms with Crippen LogP contribution in [-0.2, 0) is 5.33 Å². The van der Waals surface area contributed by atoms with Crippen molar-refractivity contribution in [3.8, 4) is 11.3 Å². The van der Waals surface area contributed by atoms with Crippen molar-refractivity contribution in [2.45, 2.75) is 5.33 Å². The van der Waals surface area contributed by atoms with Crippen LogP contribution in [0.25, 0.3) is 11.3 Å². The first-order valence-electron chi connectivity index (χ1n) is 4.57. The Morgan fingerprint density at radius 1 is 1.07 bits per heavy atom. The Hall–Kier alpha value is -0.860. The molecule has 0 atom stereocenters. The molecule has 0 aliphatic rings. The summed E-state index contributed by atoms with van der Waals surface area (Å²) in [7, 11) is 0. The summed E-state index contributed by atoms with van der Waals surface area (Å²) in [6.45, 7) is 0. The number of alkyl halides is 1. The molecule has 0 unspecified atom stereocenters. The van der Waals surface area contributed by atoms with Crippen molar-refractivity contribution < 1.29 is 0 Å². The molecular weight excluding hydrogens is 273 g/mol. The minimum absolute atomic E-state index is 0.525. The molecule has 2 rings (SSSR count). The zero-order valence-electron chi connectivity index (χ0n) is 7.95. The van der Waals surface area contributed by atoms with Crippen LogP contribution in [-0.4, -0.2) is 4.98 Å². The van der Waals surface area contributed by atoms with Gasteiger partial charge in [0.05, 0.1) is 5.69 Å². The number of aromatic nitrogens is 1. The second kappa shape index (κ2) is 4.77. The van der Waals surface area contributed by atoms with E-state index < -0.39 is 0 Å². The lowest BCUT2D eigenvalue weighted by atomic mass is 10.1. The van der Waals surface area contributed by atoms with E-state index in [9.17, 15) is 0 Å². The van der Waals surface area contributed by atoms with E-state index in [-0.39, 0.29) is 0 Å². The highest BCUT2D eigenvalue weighted by Crippen LogP contribution is 2.20. The van der Waals surface area contributed by atoms with E-state index in [2.05, 4.69) is 45.2 Å². The smallest absolute Gasteiger partial charge is 0.129 e. The summed E-state index contributed by atoms with van der Waals surface area (Å²) in [5.74, 6) is 0. The van der Waals surface area contributed by atoms with Gasteiger partial charge in [-0.15, -0.1) is 0 Å². The van der Waals surface area contributed by atoms with Gasteiger partial charge in [0.2, 0.25) is 0 Å². The summed E-state index contributed by atoms with van der Waals surface area (Å²) in [5.41, 5.74) is 3.24. The van der Waals surface area contributed by atoms with Crippen molar-refractivity contribution in [3.05, 3.63) is 53.2 Å². The van der Waals surface area contributed by atoms with Crippen LogP contribution in [0.3, 0.4) is 0 Å². The summed E-state index contributed by atoms with van der Waals surface area (Å²) in [4.78, 5) is 4.25. The van der Waals surface area contributed by atoms with Crippen molar-refractivity contribution in [2.24, 2.45) is 0 Å². The molecule has 76 valence electrons. The predicted octanol–water partition coefficient (Wildman–Crippen LogP) is 4.30. The van der Waals surface area contributed by atoms with Gasteiger partial charge < -0.3 is 0 Å². The summed E-state index contributed by atoms with van der Waals surface area (Å²) in [5, 5.41) is 1.40. The maximum absolute atomic E-state index is 5.83. The summed E-state index contributed by atoms with van der Waals surface area (Å²) < 4.78 is 0. The van der Waals surface area contributed by atoms with E-state index in [0.29, 0.717) is 5.15 Å². The van der Waals surface area contributed by atoms with Crippen molar-refractivity contribution in [1.29, 1.82) is 0 Å². The van der Waals surface area contributed by atoms with E-state index in [0.717, 1.165) is 16.6 Å². The summed E-state index contributed by atoms with van der Waals surface area (Å²) in [6.07, 6.45) is 0. The Morgan fingerprint density at radius 2 is 1.80 bits per heavy atom. The SMILES string of the molecule is Clc1cccc(-c2ccc(CBr)cc2)n1. The molecule has 0 fully saturated rings. The molecule has 0 aliphatic carbocycles.